The lowest BCUT2D eigenvalue weighted by Crippen LogP contribution is -2.02. The largest absolute Gasteiger partial charge is 0.381 e. The smallest absolute Gasteiger partial charge is 0.166 e. The van der Waals surface area contributed by atoms with Crippen LogP contribution in [-0.4, -0.2) is 15.0 Å². The molecule has 0 fully saturated rings. The van der Waals surface area contributed by atoms with E-state index in [0.717, 1.165) is 9.27 Å². The van der Waals surface area contributed by atoms with Gasteiger partial charge in [0.2, 0.25) is 0 Å². The van der Waals surface area contributed by atoms with E-state index < -0.39 is 5.82 Å². The summed E-state index contributed by atoms with van der Waals surface area (Å²) >= 11 is 3.23. The van der Waals surface area contributed by atoms with Crippen molar-refractivity contribution in [3.05, 3.63) is 34.7 Å². The minimum absolute atomic E-state index is 0.254. The zero-order valence-electron chi connectivity index (χ0n) is 6.98. The Balaban J connectivity index is 2.55. The van der Waals surface area contributed by atoms with Gasteiger partial charge in [-0.3, -0.25) is 0 Å². The molecule has 1 heterocycles. The first-order valence-electron chi connectivity index (χ1n) is 3.80. The number of halogens is 2. The van der Waals surface area contributed by atoms with E-state index in [1.165, 1.54) is 12.3 Å². The van der Waals surface area contributed by atoms with Crippen molar-refractivity contribution in [1.29, 1.82) is 0 Å². The average molecular weight is 257 g/mol. The number of hydrogen-bond acceptors (Lipinski definition) is 3. The average Bonchev–Trinajstić information content (AvgIpc) is 2.56. The maximum absolute atomic E-state index is 13.3. The fourth-order valence-corrected chi connectivity index (χ4v) is 1.38. The van der Waals surface area contributed by atoms with Crippen LogP contribution in [0.1, 0.15) is 0 Å². The molecule has 0 spiro atoms. The van der Waals surface area contributed by atoms with Crippen LogP contribution in [0.25, 0.3) is 5.69 Å². The minimum Gasteiger partial charge on any atom is -0.381 e. The third-order valence-corrected chi connectivity index (χ3v) is 2.13. The second kappa shape index (κ2) is 3.38. The number of nitrogen functional groups attached to an aromatic ring is 1. The third-order valence-electron chi connectivity index (χ3n) is 1.63. The van der Waals surface area contributed by atoms with Gasteiger partial charge in [0.1, 0.15) is 5.69 Å². The van der Waals surface area contributed by atoms with E-state index in [0.29, 0.717) is 0 Å². The maximum Gasteiger partial charge on any atom is 0.166 e. The van der Waals surface area contributed by atoms with E-state index in [1.54, 1.807) is 12.1 Å². The molecule has 72 valence electrons. The molecule has 2 rings (SSSR count). The summed E-state index contributed by atoms with van der Waals surface area (Å²) in [6.45, 7) is 0. The summed E-state index contributed by atoms with van der Waals surface area (Å²) in [6, 6.07) is 4.51. The van der Waals surface area contributed by atoms with Gasteiger partial charge in [-0.15, -0.1) is 9.90 Å². The van der Waals surface area contributed by atoms with Crippen molar-refractivity contribution < 1.29 is 4.39 Å². The number of nitrogens with zero attached hydrogens (tertiary/aromatic N) is 3. The molecule has 2 N–H and O–H groups in total. The highest BCUT2D eigenvalue weighted by Crippen LogP contribution is 2.18. The Morgan fingerprint density at radius 1 is 1.43 bits per heavy atom. The molecule has 1 aromatic carbocycles. The summed E-state index contributed by atoms with van der Waals surface area (Å²) in [5.74, 6) is -0.145. The van der Waals surface area contributed by atoms with Gasteiger partial charge in [-0.2, -0.15) is 5.10 Å². The number of anilines is 1. The van der Waals surface area contributed by atoms with E-state index in [-0.39, 0.29) is 11.5 Å². The van der Waals surface area contributed by atoms with Gasteiger partial charge in [0.25, 0.3) is 0 Å². The van der Waals surface area contributed by atoms with Crippen molar-refractivity contribution in [2.24, 2.45) is 0 Å². The summed E-state index contributed by atoms with van der Waals surface area (Å²) < 4.78 is 14.1. The van der Waals surface area contributed by atoms with Crippen LogP contribution in [0, 0.1) is 5.82 Å². The lowest BCUT2D eigenvalue weighted by molar-refractivity contribution is 0.596. The highest BCUT2D eigenvalue weighted by Gasteiger charge is 2.07. The van der Waals surface area contributed by atoms with Gasteiger partial charge in [0.15, 0.2) is 11.6 Å². The standard InChI is InChI=1S/C8H6BrFN4/c9-5-1-2-6(10)7(3-5)14-12-4-8(11)13-14/h1-4H,(H2,11,13). The molecule has 0 amide bonds. The topological polar surface area (TPSA) is 56.7 Å². The van der Waals surface area contributed by atoms with Crippen LogP contribution in [-0.2, 0) is 0 Å². The third kappa shape index (κ3) is 1.60. The SMILES string of the molecule is Nc1cnn(-c2cc(Br)ccc2F)n1. The predicted molar refractivity (Wildman–Crippen MR) is 53.4 cm³/mol. The highest BCUT2D eigenvalue weighted by molar-refractivity contribution is 9.10. The van der Waals surface area contributed by atoms with Crippen LogP contribution in [0.4, 0.5) is 10.2 Å². The molecule has 1 aromatic heterocycles. The molecule has 14 heavy (non-hydrogen) atoms. The first-order chi connectivity index (χ1) is 6.66. The Bertz CT molecular complexity index is 468. The van der Waals surface area contributed by atoms with E-state index in [1.807, 2.05) is 0 Å². The second-order valence-corrected chi connectivity index (χ2v) is 3.57. The number of nitrogens with two attached hydrogens (primary N) is 1. The minimum atomic E-state index is -0.399. The predicted octanol–water partition coefficient (Wildman–Crippen LogP) is 1.75. The molecule has 0 radical (unpaired) electrons. The molecular weight excluding hydrogens is 251 g/mol. The Morgan fingerprint density at radius 3 is 2.86 bits per heavy atom. The van der Waals surface area contributed by atoms with Gasteiger partial charge >= 0.3 is 0 Å². The summed E-state index contributed by atoms with van der Waals surface area (Å²) in [5, 5.41) is 7.61. The van der Waals surface area contributed by atoms with E-state index in [4.69, 9.17) is 5.73 Å². The van der Waals surface area contributed by atoms with Crippen molar-refractivity contribution in [2.75, 3.05) is 5.73 Å². The van der Waals surface area contributed by atoms with Gasteiger partial charge < -0.3 is 5.73 Å². The van der Waals surface area contributed by atoms with E-state index in [9.17, 15) is 4.39 Å². The first kappa shape index (κ1) is 9.14. The van der Waals surface area contributed by atoms with Crippen LogP contribution < -0.4 is 5.73 Å². The Labute approximate surface area is 87.7 Å². The summed E-state index contributed by atoms with van der Waals surface area (Å²) in [4.78, 5) is 1.15. The Morgan fingerprint density at radius 2 is 2.21 bits per heavy atom. The molecule has 0 saturated carbocycles. The summed E-state index contributed by atoms with van der Waals surface area (Å²) in [5.41, 5.74) is 5.64. The van der Waals surface area contributed by atoms with Crippen LogP contribution >= 0.6 is 15.9 Å². The molecule has 0 aliphatic rings. The van der Waals surface area contributed by atoms with Crippen LogP contribution in [0.3, 0.4) is 0 Å². The quantitative estimate of drug-likeness (QED) is 0.846. The second-order valence-electron chi connectivity index (χ2n) is 2.65. The lowest BCUT2D eigenvalue weighted by Gasteiger charge is -2.01. The molecule has 0 unspecified atom stereocenters. The molecule has 0 bridgehead atoms. The van der Waals surface area contributed by atoms with Gasteiger partial charge in [0, 0.05) is 4.47 Å². The van der Waals surface area contributed by atoms with Crippen molar-refractivity contribution in [1.82, 2.24) is 15.0 Å². The number of rotatable bonds is 1. The fourth-order valence-electron chi connectivity index (χ4n) is 1.03. The van der Waals surface area contributed by atoms with Crippen molar-refractivity contribution in [3.63, 3.8) is 0 Å². The van der Waals surface area contributed by atoms with Crippen LogP contribution in [0.5, 0.6) is 0 Å². The van der Waals surface area contributed by atoms with Crippen LogP contribution in [0.2, 0.25) is 0 Å². The maximum atomic E-state index is 13.3. The molecule has 0 atom stereocenters. The summed E-state index contributed by atoms with van der Waals surface area (Å²) in [6.07, 6.45) is 1.36. The summed E-state index contributed by atoms with van der Waals surface area (Å²) in [7, 11) is 0. The molecule has 6 heteroatoms. The number of benzene rings is 1. The van der Waals surface area contributed by atoms with Gasteiger partial charge in [-0.25, -0.2) is 4.39 Å². The first-order valence-corrected chi connectivity index (χ1v) is 4.59. The highest BCUT2D eigenvalue weighted by atomic mass is 79.9. The van der Waals surface area contributed by atoms with Crippen molar-refractivity contribution in [2.45, 2.75) is 0 Å². The van der Waals surface area contributed by atoms with Crippen LogP contribution in [0.15, 0.2) is 28.9 Å². The zero-order chi connectivity index (χ0) is 10.1. The van der Waals surface area contributed by atoms with Gasteiger partial charge in [-0.1, -0.05) is 15.9 Å². The molecular formula is C8H6BrFN4. The zero-order valence-corrected chi connectivity index (χ0v) is 8.57. The Kier molecular flexibility index (Phi) is 2.20. The molecule has 0 aliphatic carbocycles. The number of aromatic nitrogens is 3. The fraction of sp³-hybridized carbons (Fsp3) is 0. The lowest BCUT2D eigenvalue weighted by atomic mass is 10.3. The molecule has 0 saturated heterocycles. The van der Waals surface area contributed by atoms with Gasteiger partial charge in [-0.05, 0) is 18.2 Å². The van der Waals surface area contributed by atoms with E-state index >= 15 is 0 Å². The van der Waals surface area contributed by atoms with Crippen molar-refractivity contribution >= 4 is 21.7 Å². The molecule has 4 nitrogen and oxygen atoms in total. The monoisotopic (exact) mass is 256 g/mol. The van der Waals surface area contributed by atoms with E-state index in [2.05, 4.69) is 26.1 Å². The molecule has 2 aromatic rings. The normalized spacial score (nSPS) is 10.4. The molecule has 0 aliphatic heterocycles. The number of hydrogen-bond donors (Lipinski definition) is 1. The van der Waals surface area contributed by atoms with Gasteiger partial charge in [0.05, 0.1) is 6.20 Å². The Hall–Kier alpha value is -1.43. The van der Waals surface area contributed by atoms with Crippen molar-refractivity contribution in [3.8, 4) is 5.69 Å².